The topological polar surface area (TPSA) is 149 Å². The summed E-state index contributed by atoms with van der Waals surface area (Å²) in [5.41, 5.74) is 43.8. The Labute approximate surface area is 651 Å². The van der Waals surface area contributed by atoms with Gasteiger partial charge in [0, 0.05) is 113 Å². The molecule has 0 N–H and O–H groups in total. The van der Waals surface area contributed by atoms with E-state index in [4.69, 9.17) is 29.9 Å². The number of aryl methyl sites for hydroxylation is 18. The van der Waals surface area contributed by atoms with Crippen LogP contribution in [-0.4, -0.2) is 29.9 Å². The van der Waals surface area contributed by atoms with Gasteiger partial charge in [-0.15, -0.1) is 104 Å². The first-order chi connectivity index (χ1) is 47.4. The Bertz CT molecular complexity index is 5290. The number of hydrogen-bond donors (Lipinski definition) is 0. The van der Waals surface area contributed by atoms with Gasteiger partial charge in [0.1, 0.15) is 0 Å². The molecule has 9 aromatic carbocycles. The van der Waals surface area contributed by atoms with Crippen molar-refractivity contribution in [2.75, 3.05) is 0 Å². The van der Waals surface area contributed by atoms with Crippen LogP contribution in [0.4, 0.5) is 0 Å². The first-order valence-electron chi connectivity index (χ1n) is 33.9. The number of hydrogen-bond acceptors (Lipinski definition) is 9. The summed E-state index contributed by atoms with van der Waals surface area (Å²) < 4.78 is 0. The van der Waals surface area contributed by atoms with E-state index in [1.807, 2.05) is 96.5 Å². The molecular formula is C91H86Ir3N9-3. The Kier molecular flexibility index (Phi) is 26.6. The summed E-state index contributed by atoms with van der Waals surface area (Å²) in [5.74, 6) is 0. The van der Waals surface area contributed by atoms with Crippen molar-refractivity contribution in [1.29, 1.82) is 15.8 Å². The second-order valence-corrected chi connectivity index (χ2v) is 27.5. The van der Waals surface area contributed by atoms with Gasteiger partial charge in [0.15, 0.2) is 0 Å². The summed E-state index contributed by atoms with van der Waals surface area (Å²) in [6.45, 7) is 45.9. The monoisotopic (exact) mass is 1880 g/mol. The van der Waals surface area contributed by atoms with E-state index in [9.17, 15) is 15.8 Å². The van der Waals surface area contributed by atoms with E-state index < -0.39 is 0 Å². The zero-order chi connectivity index (χ0) is 72.5. The molecular weight excluding hydrogens is 1800 g/mol. The van der Waals surface area contributed by atoms with Crippen LogP contribution in [0.3, 0.4) is 0 Å². The van der Waals surface area contributed by atoms with Crippen molar-refractivity contribution in [3.05, 3.63) is 279 Å². The molecule has 0 aliphatic heterocycles. The molecule has 0 atom stereocenters. The molecule has 9 nitrogen and oxygen atoms in total. The number of aromatic nitrogens is 6. The molecule has 0 saturated heterocycles. The third-order valence-electron chi connectivity index (χ3n) is 19.7. The van der Waals surface area contributed by atoms with Crippen molar-refractivity contribution in [3.63, 3.8) is 0 Å². The van der Waals surface area contributed by atoms with Crippen LogP contribution in [0.5, 0.6) is 0 Å². The van der Waals surface area contributed by atoms with Crippen molar-refractivity contribution in [2.24, 2.45) is 0 Å². The second-order valence-electron chi connectivity index (χ2n) is 27.5. The van der Waals surface area contributed by atoms with Crippen LogP contribution in [0, 0.1) is 205 Å². The Morgan fingerprint density at radius 1 is 0.282 bits per heavy atom. The van der Waals surface area contributed by atoms with Crippen molar-refractivity contribution < 1.29 is 60.3 Å². The first-order valence-corrected chi connectivity index (χ1v) is 33.9. The number of nitrogens with zero attached hydrogens (tertiary/aromatic N) is 9. The molecule has 0 aliphatic rings. The summed E-state index contributed by atoms with van der Waals surface area (Å²) in [7, 11) is 0. The van der Waals surface area contributed by atoms with Gasteiger partial charge in [-0.05, 0) is 217 Å². The van der Waals surface area contributed by atoms with E-state index in [1.165, 1.54) is 72.3 Å². The summed E-state index contributed by atoms with van der Waals surface area (Å²) in [6.07, 6.45) is 5.53. The molecule has 0 aliphatic carbocycles. The van der Waals surface area contributed by atoms with Gasteiger partial charge in [-0.2, -0.15) is 15.8 Å². The smallest absolute Gasteiger partial charge is 0.0994 e. The molecule has 0 saturated carbocycles. The van der Waals surface area contributed by atoms with Crippen molar-refractivity contribution in [1.82, 2.24) is 29.9 Å². The predicted molar refractivity (Wildman–Crippen MR) is 410 cm³/mol. The van der Waals surface area contributed by atoms with E-state index in [0.29, 0.717) is 16.7 Å². The van der Waals surface area contributed by atoms with Gasteiger partial charge in [0.2, 0.25) is 0 Å². The van der Waals surface area contributed by atoms with E-state index >= 15 is 0 Å². The van der Waals surface area contributed by atoms with E-state index in [-0.39, 0.29) is 60.3 Å². The van der Waals surface area contributed by atoms with Crippen LogP contribution in [0.15, 0.2) is 122 Å². The van der Waals surface area contributed by atoms with Gasteiger partial charge >= 0.3 is 0 Å². The van der Waals surface area contributed by atoms with Crippen molar-refractivity contribution >= 4 is 0 Å². The molecule has 525 valence electrons. The molecule has 3 heterocycles. The summed E-state index contributed by atoms with van der Waals surface area (Å²) >= 11 is 0. The fourth-order valence-electron chi connectivity index (χ4n) is 13.2. The zero-order valence-corrected chi connectivity index (χ0v) is 70.3. The number of nitriles is 3. The molecule has 12 aromatic rings. The van der Waals surface area contributed by atoms with Gasteiger partial charge in [-0.1, -0.05) is 109 Å². The van der Waals surface area contributed by atoms with Crippen LogP contribution in [0.1, 0.15) is 139 Å². The molecule has 3 radical (unpaired) electrons. The van der Waals surface area contributed by atoms with Crippen LogP contribution < -0.4 is 0 Å². The minimum Gasteiger partial charge on any atom is -0.300 e. The standard InChI is InChI=1S/2C31H30N3.C29H26N3.3Ir/c1-17-11-26(12-18(2)23(17)7)30-31(27-13-19(3)24(8)20(4)14-27)34-28(16-33-30)29-21(5)9-25(15-32)10-22(29)6;1-17-9-25(10-18(2)23(17)7)30-31(26-11-19(3)24(8)20(4)12-26)34-29(16-33-30)28-14-21(5)27(15-32)13-22(28)6;1-17-7-18(2)10-23(9-17)28-29(24-11-19(3)8-20(4)12-24)32-27(16-31-28)26-14-21(5)25(15-30)13-22(26)6;;;/h9-11,13-14,16H,1-8H3;9,11-14,16H,1-8H3;7-9,11-14,16H,1-6H3;;;/q3*-1;;;. The molecule has 0 bridgehead atoms. The third-order valence-corrected chi connectivity index (χ3v) is 19.7. The van der Waals surface area contributed by atoms with E-state index in [2.05, 4.69) is 214 Å². The molecule has 0 amide bonds. The SMILES string of the molecule is Cc1[c-]c(-c2ncc(-c3c(C)cc(C#N)cc3C)nc2-c2cc(C)c(C)c(C)c2)cc(C)c1C.Cc1[c-]c(-c2ncc(-c3cc(C)c(C#N)cc3C)nc2-c2cc(C)c(C)c(C)c2)cc(C)c1C.Cc1[c-]c(-c2ncc(-c3cc(C)c(C#N)cc3C)nc2-c2cc(C)cc(C)c2)cc(C)c1.[Ir].[Ir].[Ir]. The maximum Gasteiger partial charge on any atom is 0.0994 e. The first kappa shape index (κ1) is 80.9. The molecule has 0 unspecified atom stereocenters. The fourth-order valence-corrected chi connectivity index (χ4v) is 13.2. The Morgan fingerprint density at radius 3 is 0.981 bits per heavy atom. The van der Waals surface area contributed by atoms with Crippen LogP contribution in [-0.2, 0) is 60.3 Å². The predicted octanol–water partition coefficient (Wildman–Crippen LogP) is 22.2. The minimum absolute atomic E-state index is 0. The summed E-state index contributed by atoms with van der Waals surface area (Å²) in [5, 5.41) is 28.2. The van der Waals surface area contributed by atoms with Gasteiger partial charge in [-0.25, -0.2) is 0 Å². The van der Waals surface area contributed by atoms with Gasteiger partial charge in [-0.3, -0.25) is 15.0 Å². The van der Waals surface area contributed by atoms with Crippen molar-refractivity contribution in [3.8, 4) is 120 Å². The summed E-state index contributed by atoms with van der Waals surface area (Å²) in [6, 6.07) is 52.9. The normalized spacial score (nSPS) is 10.6. The van der Waals surface area contributed by atoms with E-state index in [0.717, 1.165) is 151 Å². The quantitative estimate of drug-likeness (QED) is 0.129. The van der Waals surface area contributed by atoms with Gasteiger partial charge in [0.05, 0.1) is 69.1 Å². The van der Waals surface area contributed by atoms with Gasteiger partial charge < -0.3 is 15.0 Å². The van der Waals surface area contributed by atoms with Crippen LogP contribution in [0.2, 0.25) is 0 Å². The third kappa shape index (κ3) is 17.7. The summed E-state index contributed by atoms with van der Waals surface area (Å²) in [4.78, 5) is 30.3. The average molecular weight is 1880 g/mol. The molecule has 3 aromatic heterocycles. The number of benzene rings is 9. The Morgan fingerprint density at radius 2 is 0.621 bits per heavy atom. The molecule has 103 heavy (non-hydrogen) atoms. The maximum atomic E-state index is 9.42. The fraction of sp³-hybridized carbons (Fsp3) is 0.242. The minimum atomic E-state index is 0. The average Bonchev–Trinajstić information content (AvgIpc) is 0.781. The van der Waals surface area contributed by atoms with Gasteiger partial charge in [0.25, 0.3) is 0 Å². The molecule has 12 rings (SSSR count). The van der Waals surface area contributed by atoms with Crippen LogP contribution >= 0.6 is 0 Å². The van der Waals surface area contributed by atoms with E-state index in [1.54, 1.807) is 0 Å². The molecule has 0 spiro atoms. The van der Waals surface area contributed by atoms with Crippen LogP contribution in [0.25, 0.3) is 101 Å². The second kappa shape index (κ2) is 33.8. The maximum absolute atomic E-state index is 9.42. The largest absolute Gasteiger partial charge is 0.300 e. The zero-order valence-electron chi connectivity index (χ0n) is 63.1. The molecule has 12 heteroatoms. The Hall–Kier alpha value is -9.36. The molecule has 0 fully saturated rings. The Balaban J connectivity index is 0.000000213. The number of rotatable bonds is 9. The van der Waals surface area contributed by atoms with Crippen molar-refractivity contribution in [2.45, 2.75) is 152 Å².